The van der Waals surface area contributed by atoms with Crippen LogP contribution in [0.5, 0.6) is 5.75 Å². The van der Waals surface area contributed by atoms with Gasteiger partial charge < -0.3 is 9.84 Å². The molecule has 144 valence electrons. The molecule has 1 atom stereocenters. The maximum absolute atomic E-state index is 13.1. The second-order valence-corrected chi connectivity index (χ2v) is 7.80. The van der Waals surface area contributed by atoms with E-state index in [4.69, 9.17) is 17.0 Å². The van der Waals surface area contributed by atoms with Crippen LogP contribution in [0, 0.1) is 0 Å². The summed E-state index contributed by atoms with van der Waals surface area (Å²) in [7, 11) is 0. The molecule has 0 spiro atoms. The van der Waals surface area contributed by atoms with Crippen LogP contribution in [0.25, 0.3) is 6.08 Å². The van der Waals surface area contributed by atoms with E-state index in [1.807, 2.05) is 13.0 Å². The predicted molar refractivity (Wildman–Crippen MR) is 114 cm³/mol. The topological polar surface area (TPSA) is 66.8 Å². The maximum atomic E-state index is 13.1. The minimum absolute atomic E-state index is 0.106. The molecule has 28 heavy (non-hydrogen) atoms. The lowest BCUT2D eigenvalue weighted by Gasteiger charge is -2.25. The molecule has 0 radical (unpaired) electrons. The first kappa shape index (κ1) is 20.1. The summed E-state index contributed by atoms with van der Waals surface area (Å²) < 4.78 is 5.62. The molecule has 1 fully saturated rings. The van der Waals surface area contributed by atoms with Crippen LogP contribution in [-0.2, 0) is 14.3 Å². The Morgan fingerprint density at radius 3 is 2.68 bits per heavy atom. The Kier molecular flexibility index (Phi) is 6.49. The van der Waals surface area contributed by atoms with Gasteiger partial charge in [-0.2, -0.15) is 0 Å². The molecule has 3 rings (SSSR count). The number of carbonyl (C=O) groups is 2. The zero-order valence-corrected chi connectivity index (χ0v) is 16.8. The van der Waals surface area contributed by atoms with Gasteiger partial charge in [0.15, 0.2) is 6.04 Å². The molecule has 0 aromatic heterocycles. The van der Waals surface area contributed by atoms with Gasteiger partial charge in [-0.15, -0.1) is 0 Å². The van der Waals surface area contributed by atoms with E-state index in [1.165, 1.54) is 4.90 Å². The summed E-state index contributed by atoms with van der Waals surface area (Å²) in [6, 6.07) is 14.6. The molecule has 0 aliphatic carbocycles. The summed E-state index contributed by atoms with van der Waals surface area (Å²) in [6.45, 7) is 2.18. The molecule has 5 nitrogen and oxygen atoms in total. The number of thiocarbonyl (C=S) groups is 1. The third-order valence-corrected chi connectivity index (χ3v) is 5.37. The smallest absolute Gasteiger partial charge is 0.333 e. The van der Waals surface area contributed by atoms with E-state index in [0.717, 1.165) is 11.8 Å². The Morgan fingerprint density at radius 2 is 2.00 bits per heavy atom. The summed E-state index contributed by atoms with van der Waals surface area (Å²) in [4.78, 5) is 27.5. The number of carbonyl (C=O) groups excluding carboxylic acids is 2. The number of hydrogen-bond donors (Lipinski definition) is 1. The number of hydrogen-bond acceptors (Lipinski definition) is 6. The van der Waals surface area contributed by atoms with Crippen molar-refractivity contribution in [3.8, 4) is 5.75 Å². The van der Waals surface area contributed by atoms with Crippen LogP contribution in [0.15, 0.2) is 59.5 Å². The van der Waals surface area contributed by atoms with Crippen molar-refractivity contribution in [1.29, 1.82) is 0 Å². The molecule has 2 aromatic rings. The highest BCUT2D eigenvalue weighted by molar-refractivity contribution is 8.26. The number of thioether (sulfide) groups is 1. The van der Waals surface area contributed by atoms with E-state index in [1.54, 1.807) is 54.6 Å². The van der Waals surface area contributed by atoms with Gasteiger partial charge in [-0.1, -0.05) is 73.4 Å². The van der Waals surface area contributed by atoms with Gasteiger partial charge in [0.25, 0.3) is 5.91 Å². The van der Waals surface area contributed by atoms with E-state index in [0.29, 0.717) is 26.8 Å². The average molecular weight is 414 g/mol. The Bertz CT molecular complexity index is 927. The largest absolute Gasteiger partial charge is 0.508 e. The average Bonchev–Trinajstić information content (AvgIpc) is 2.95. The first-order valence-electron chi connectivity index (χ1n) is 8.79. The van der Waals surface area contributed by atoms with Gasteiger partial charge in [0.1, 0.15) is 10.1 Å². The first-order chi connectivity index (χ1) is 13.5. The number of rotatable bonds is 6. The highest BCUT2D eigenvalue weighted by Gasteiger charge is 2.42. The van der Waals surface area contributed by atoms with Crippen molar-refractivity contribution < 1.29 is 19.4 Å². The van der Waals surface area contributed by atoms with Crippen LogP contribution < -0.4 is 0 Å². The monoisotopic (exact) mass is 413 g/mol. The third-order valence-electron chi connectivity index (χ3n) is 4.04. The maximum Gasteiger partial charge on any atom is 0.333 e. The van der Waals surface area contributed by atoms with Crippen LogP contribution in [-0.4, -0.2) is 32.8 Å². The molecule has 1 unspecified atom stereocenters. The fourth-order valence-corrected chi connectivity index (χ4v) is 4.09. The molecule has 7 heteroatoms. The second kappa shape index (κ2) is 9.03. The SMILES string of the molecule is CCCOC(=O)C(c1ccccc1)N1C(=O)/C(=C\c2cccc(O)c2)SC1=S. The van der Waals surface area contributed by atoms with E-state index >= 15 is 0 Å². The summed E-state index contributed by atoms with van der Waals surface area (Å²) in [6.07, 6.45) is 2.33. The van der Waals surface area contributed by atoms with Gasteiger partial charge in [0.2, 0.25) is 0 Å². The van der Waals surface area contributed by atoms with Crippen molar-refractivity contribution in [1.82, 2.24) is 4.90 Å². The summed E-state index contributed by atoms with van der Waals surface area (Å²) in [5.74, 6) is -0.766. The van der Waals surface area contributed by atoms with Gasteiger partial charge in [-0.25, -0.2) is 4.79 Å². The van der Waals surface area contributed by atoms with E-state index < -0.39 is 12.0 Å². The van der Waals surface area contributed by atoms with Gasteiger partial charge in [0, 0.05) is 0 Å². The number of benzene rings is 2. The number of nitrogens with zero attached hydrogens (tertiary/aromatic N) is 1. The molecule has 0 saturated carbocycles. The Morgan fingerprint density at radius 1 is 1.25 bits per heavy atom. The Hall–Kier alpha value is -2.64. The Balaban J connectivity index is 1.95. The van der Waals surface area contributed by atoms with Crippen LogP contribution in [0.3, 0.4) is 0 Å². The standard InChI is InChI=1S/C21H19NO4S2/c1-2-11-26-20(25)18(15-8-4-3-5-9-15)22-19(24)17(28-21(22)27)13-14-7-6-10-16(23)12-14/h3-10,12-13,18,23H,2,11H2,1H3/b17-13+. The van der Waals surface area contributed by atoms with Crippen molar-refractivity contribution >= 4 is 46.3 Å². The minimum atomic E-state index is -0.935. The lowest BCUT2D eigenvalue weighted by molar-refractivity contribution is -0.151. The zero-order valence-electron chi connectivity index (χ0n) is 15.2. The van der Waals surface area contributed by atoms with E-state index in [-0.39, 0.29) is 18.3 Å². The fraction of sp³-hybridized carbons (Fsp3) is 0.190. The summed E-state index contributed by atoms with van der Waals surface area (Å²) in [5.41, 5.74) is 1.31. The second-order valence-electron chi connectivity index (χ2n) is 6.13. The van der Waals surface area contributed by atoms with Gasteiger partial charge in [-0.3, -0.25) is 9.69 Å². The van der Waals surface area contributed by atoms with E-state index in [2.05, 4.69) is 0 Å². The van der Waals surface area contributed by atoms with Crippen LogP contribution in [0.1, 0.15) is 30.5 Å². The summed E-state index contributed by atoms with van der Waals surface area (Å²) in [5, 5.41) is 9.63. The number of phenols is 1. The molecule has 1 heterocycles. The molecule has 1 saturated heterocycles. The number of aromatic hydroxyl groups is 1. The van der Waals surface area contributed by atoms with Gasteiger partial charge in [0.05, 0.1) is 11.5 Å². The molecule has 1 amide bonds. The highest BCUT2D eigenvalue weighted by atomic mass is 32.2. The zero-order chi connectivity index (χ0) is 20.1. The highest BCUT2D eigenvalue weighted by Crippen LogP contribution is 2.39. The third kappa shape index (κ3) is 4.43. The van der Waals surface area contributed by atoms with Crippen LogP contribution in [0.4, 0.5) is 0 Å². The lowest BCUT2D eigenvalue weighted by atomic mass is 10.1. The number of amides is 1. The lowest BCUT2D eigenvalue weighted by Crippen LogP contribution is -2.38. The van der Waals surface area contributed by atoms with E-state index in [9.17, 15) is 14.7 Å². The number of phenolic OH excluding ortho intramolecular Hbond substituents is 1. The molecular formula is C21H19NO4S2. The van der Waals surface area contributed by atoms with Crippen molar-refractivity contribution in [3.05, 3.63) is 70.6 Å². The predicted octanol–water partition coefficient (Wildman–Crippen LogP) is 4.29. The van der Waals surface area contributed by atoms with Crippen molar-refractivity contribution in [3.63, 3.8) is 0 Å². The van der Waals surface area contributed by atoms with Crippen molar-refractivity contribution in [2.45, 2.75) is 19.4 Å². The molecule has 1 aliphatic rings. The molecule has 2 aromatic carbocycles. The van der Waals surface area contributed by atoms with Gasteiger partial charge in [-0.05, 0) is 35.8 Å². The van der Waals surface area contributed by atoms with Crippen molar-refractivity contribution in [2.75, 3.05) is 6.61 Å². The van der Waals surface area contributed by atoms with Crippen LogP contribution in [0.2, 0.25) is 0 Å². The van der Waals surface area contributed by atoms with Crippen LogP contribution >= 0.6 is 24.0 Å². The first-order valence-corrected chi connectivity index (χ1v) is 10.0. The number of ether oxygens (including phenoxy) is 1. The quantitative estimate of drug-likeness (QED) is 0.433. The summed E-state index contributed by atoms with van der Waals surface area (Å²) >= 11 is 6.54. The molecular weight excluding hydrogens is 394 g/mol. The molecule has 1 aliphatic heterocycles. The Labute approximate surface area is 173 Å². The van der Waals surface area contributed by atoms with Crippen molar-refractivity contribution in [2.24, 2.45) is 0 Å². The minimum Gasteiger partial charge on any atom is -0.508 e. The van der Waals surface area contributed by atoms with Gasteiger partial charge >= 0.3 is 5.97 Å². The normalized spacial score (nSPS) is 16.5. The molecule has 0 bridgehead atoms. The molecule has 1 N–H and O–H groups in total. The number of esters is 1. The fourth-order valence-electron chi connectivity index (χ4n) is 2.78.